The molecule has 0 radical (unpaired) electrons. The molecular formula is C24H26ClN5O2. The zero-order chi connectivity index (χ0) is 23.3. The first-order valence-electron chi connectivity index (χ1n) is 10.3. The first-order valence-corrected chi connectivity index (χ1v) is 10.6. The highest BCUT2D eigenvalue weighted by Crippen LogP contribution is 2.22. The van der Waals surface area contributed by atoms with E-state index in [9.17, 15) is 4.79 Å². The maximum atomic E-state index is 12.8. The average Bonchev–Trinajstić information content (AvgIpc) is 2.73. The van der Waals surface area contributed by atoms with Crippen molar-refractivity contribution < 1.29 is 4.74 Å². The number of hydrogen-bond acceptors (Lipinski definition) is 6. The number of para-hydroxylation sites is 1. The minimum absolute atomic E-state index is 0.0544. The van der Waals surface area contributed by atoms with Crippen molar-refractivity contribution in [2.75, 3.05) is 11.5 Å². The van der Waals surface area contributed by atoms with Crippen LogP contribution in [0.5, 0.6) is 5.88 Å². The van der Waals surface area contributed by atoms with Crippen molar-refractivity contribution in [2.24, 2.45) is 0 Å². The second-order valence-corrected chi connectivity index (χ2v) is 7.73. The van der Waals surface area contributed by atoms with Gasteiger partial charge in [0, 0.05) is 17.4 Å². The number of nitrogen functional groups attached to an aromatic ring is 2. The third-order valence-corrected chi connectivity index (χ3v) is 4.86. The maximum absolute atomic E-state index is 12.8. The normalized spacial score (nSPS) is 10.7. The topological polar surface area (TPSA) is 109 Å². The molecule has 0 aliphatic rings. The number of aromatic nitrogens is 3. The molecule has 4 aromatic rings. The Morgan fingerprint density at radius 1 is 1.03 bits per heavy atom. The van der Waals surface area contributed by atoms with Crippen LogP contribution in [0.4, 0.5) is 11.8 Å². The van der Waals surface area contributed by atoms with Gasteiger partial charge in [-0.2, -0.15) is 9.97 Å². The highest BCUT2D eigenvalue weighted by Gasteiger charge is 2.12. The molecule has 4 N–H and O–H groups in total. The summed E-state index contributed by atoms with van der Waals surface area (Å²) in [6.07, 6.45) is 0.839. The van der Waals surface area contributed by atoms with Gasteiger partial charge in [-0.1, -0.05) is 48.9 Å². The molecule has 0 saturated carbocycles. The molecule has 0 unspecified atom stereocenters. The summed E-state index contributed by atoms with van der Waals surface area (Å²) in [5.74, 6) is 0.860. The number of rotatable bonds is 4. The number of nitrogens with two attached hydrogens (primary N) is 2. The molecule has 0 amide bonds. The molecule has 2 aromatic carbocycles. The Hall–Kier alpha value is -3.58. The zero-order valence-electron chi connectivity index (χ0n) is 18.2. The Morgan fingerprint density at radius 2 is 1.75 bits per heavy atom. The summed E-state index contributed by atoms with van der Waals surface area (Å²) in [5.41, 5.74) is 12.6. The van der Waals surface area contributed by atoms with Gasteiger partial charge in [0.05, 0.1) is 16.5 Å². The van der Waals surface area contributed by atoms with Crippen molar-refractivity contribution in [1.29, 1.82) is 0 Å². The molecule has 2 heterocycles. The number of halogens is 1. The Kier molecular flexibility index (Phi) is 7.33. The number of nitrogens with zero attached hydrogens (tertiary/aromatic N) is 3. The van der Waals surface area contributed by atoms with Crippen LogP contribution in [0.2, 0.25) is 5.02 Å². The van der Waals surface area contributed by atoms with Crippen molar-refractivity contribution in [3.05, 3.63) is 81.7 Å². The molecule has 0 fully saturated rings. The van der Waals surface area contributed by atoms with E-state index in [1.54, 1.807) is 10.6 Å². The number of aryl methyl sites for hydroxylation is 1. The highest BCUT2D eigenvalue weighted by atomic mass is 35.5. The van der Waals surface area contributed by atoms with Crippen LogP contribution in [0, 0.1) is 0 Å². The lowest BCUT2D eigenvalue weighted by molar-refractivity contribution is 0.233. The van der Waals surface area contributed by atoms with E-state index in [1.165, 1.54) is 6.07 Å². The Labute approximate surface area is 191 Å². The maximum Gasteiger partial charge on any atom is 0.264 e. The molecule has 7 nitrogen and oxygen atoms in total. The monoisotopic (exact) mass is 451 g/mol. The van der Waals surface area contributed by atoms with E-state index in [1.807, 2.05) is 69.3 Å². The summed E-state index contributed by atoms with van der Waals surface area (Å²) in [6.45, 7) is 5.84. The highest BCUT2D eigenvalue weighted by molar-refractivity contribution is 6.35. The van der Waals surface area contributed by atoms with Gasteiger partial charge in [0.25, 0.3) is 5.56 Å². The minimum Gasteiger partial charge on any atom is -0.475 e. The van der Waals surface area contributed by atoms with Gasteiger partial charge in [0.15, 0.2) is 0 Å². The SMILES string of the molecule is CC(C)Oc1cc(N)nc(N)n1.CCc1cc2cccc(Cl)c2c(=O)n1-c1ccccc1. The Balaban J connectivity index is 0.000000207. The molecule has 0 saturated heterocycles. The van der Waals surface area contributed by atoms with E-state index in [0.29, 0.717) is 22.1 Å². The van der Waals surface area contributed by atoms with Crippen LogP contribution in [0.25, 0.3) is 16.5 Å². The smallest absolute Gasteiger partial charge is 0.264 e. The van der Waals surface area contributed by atoms with E-state index in [4.69, 9.17) is 27.8 Å². The molecule has 2 aromatic heterocycles. The zero-order valence-corrected chi connectivity index (χ0v) is 19.0. The largest absolute Gasteiger partial charge is 0.475 e. The molecule has 32 heavy (non-hydrogen) atoms. The predicted octanol–water partition coefficient (Wildman–Crippen LogP) is 4.63. The van der Waals surface area contributed by atoms with Crippen molar-refractivity contribution in [1.82, 2.24) is 14.5 Å². The van der Waals surface area contributed by atoms with Crippen molar-refractivity contribution in [3.8, 4) is 11.6 Å². The summed E-state index contributed by atoms with van der Waals surface area (Å²) in [4.78, 5) is 20.4. The third kappa shape index (κ3) is 5.36. The summed E-state index contributed by atoms with van der Waals surface area (Å²) < 4.78 is 7.01. The molecule has 0 atom stereocenters. The van der Waals surface area contributed by atoms with Crippen molar-refractivity contribution >= 4 is 34.1 Å². The Bertz CT molecular complexity index is 1250. The number of hydrogen-bond donors (Lipinski definition) is 2. The lowest BCUT2D eigenvalue weighted by Gasteiger charge is -2.14. The van der Waals surface area contributed by atoms with Gasteiger partial charge in [-0.25, -0.2) is 0 Å². The lowest BCUT2D eigenvalue weighted by atomic mass is 10.1. The van der Waals surface area contributed by atoms with E-state index in [0.717, 1.165) is 23.2 Å². The van der Waals surface area contributed by atoms with Crippen LogP contribution in [-0.4, -0.2) is 20.6 Å². The van der Waals surface area contributed by atoms with E-state index in [2.05, 4.69) is 9.97 Å². The van der Waals surface area contributed by atoms with Crippen LogP contribution in [-0.2, 0) is 6.42 Å². The second kappa shape index (κ2) is 10.2. The van der Waals surface area contributed by atoms with Gasteiger partial charge in [-0.15, -0.1) is 0 Å². The molecule has 0 aliphatic carbocycles. The molecule has 0 spiro atoms. The molecule has 0 bridgehead atoms. The summed E-state index contributed by atoms with van der Waals surface area (Å²) >= 11 is 6.20. The van der Waals surface area contributed by atoms with E-state index < -0.39 is 0 Å². The van der Waals surface area contributed by atoms with Gasteiger partial charge >= 0.3 is 0 Å². The van der Waals surface area contributed by atoms with E-state index >= 15 is 0 Å². The van der Waals surface area contributed by atoms with Gasteiger partial charge in [-0.3, -0.25) is 9.36 Å². The van der Waals surface area contributed by atoms with Gasteiger partial charge in [0.1, 0.15) is 5.82 Å². The third-order valence-electron chi connectivity index (χ3n) is 4.54. The molecule has 4 rings (SSSR count). The van der Waals surface area contributed by atoms with Gasteiger partial charge < -0.3 is 16.2 Å². The van der Waals surface area contributed by atoms with Crippen LogP contribution in [0.3, 0.4) is 0 Å². The van der Waals surface area contributed by atoms with E-state index in [-0.39, 0.29) is 17.6 Å². The Morgan fingerprint density at radius 3 is 2.38 bits per heavy atom. The quantitative estimate of drug-likeness (QED) is 0.468. The van der Waals surface area contributed by atoms with Crippen LogP contribution in [0.15, 0.2) is 65.5 Å². The fourth-order valence-corrected chi connectivity index (χ4v) is 3.52. The number of ether oxygens (including phenoxy) is 1. The number of benzene rings is 2. The first kappa shape index (κ1) is 23.1. The fourth-order valence-electron chi connectivity index (χ4n) is 3.26. The average molecular weight is 452 g/mol. The van der Waals surface area contributed by atoms with Crippen LogP contribution < -0.4 is 21.8 Å². The number of pyridine rings is 1. The summed E-state index contributed by atoms with van der Waals surface area (Å²) in [5, 5.41) is 1.97. The molecule has 0 aliphatic heterocycles. The molecule has 166 valence electrons. The second-order valence-electron chi connectivity index (χ2n) is 7.33. The van der Waals surface area contributed by atoms with Crippen molar-refractivity contribution in [3.63, 3.8) is 0 Å². The van der Waals surface area contributed by atoms with Gasteiger partial charge in [0.2, 0.25) is 11.8 Å². The summed E-state index contributed by atoms with van der Waals surface area (Å²) in [6, 6.07) is 18.8. The summed E-state index contributed by atoms with van der Waals surface area (Å²) in [7, 11) is 0. The number of fused-ring (bicyclic) bond motifs is 1. The lowest BCUT2D eigenvalue weighted by Crippen LogP contribution is -2.22. The molecule has 8 heteroatoms. The van der Waals surface area contributed by atoms with Crippen molar-refractivity contribution in [2.45, 2.75) is 33.3 Å². The first-order chi connectivity index (χ1) is 15.3. The number of anilines is 2. The van der Waals surface area contributed by atoms with Gasteiger partial charge in [-0.05, 0) is 49.9 Å². The minimum atomic E-state index is -0.0591. The molecular weight excluding hydrogens is 426 g/mol. The standard InChI is InChI=1S/C17H14ClNO.C7H12N4O/c1-2-13-11-12-7-6-10-15(18)16(12)17(20)19(13)14-8-4-3-5-9-14;1-4(2)12-6-3-5(8)10-7(9)11-6/h3-11H,2H2,1H3;3-4H,1-2H3,(H4,8,9,10,11). The van der Waals surface area contributed by atoms with Crippen LogP contribution in [0.1, 0.15) is 26.5 Å². The predicted molar refractivity (Wildman–Crippen MR) is 131 cm³/mol. The van der Waals surface area contributed by atoms with Crippen LogP contribution >= 0.6 is 11.6 Å². The fraction of sp³-hybridized carbons (Fsp3) is 0.208.